The van der Waals surface area contributed by atoms with Crippen molar-refractivity contribution in [2.75, 3.05) is 0 Å². The summed E-state index contributed by atoms with van der Waals surface area (Å²) in [6.07, 6.45) is 2.72. The molecular formula is C14H12N2O. The maximum atomic E-state index is 10.8. The molecule has 0 saturated heterocycles. The number of rotatable bonds is 3. The third kappa shape index (κ3) is 2.26. The summed E-state index contributed by atoms with van der Waals surface area (Å²) in [6.45, 7) is 2.62. The Hall–Kier alpha value is -2.34. The number of hydrogen-bond acceptors (Lipinski definition) is 2. The number of nitrogens with zero attached hydrogens (tertiary/aromatic N) is 2. The van der Waals surface area contributed by atoms with Gasteiger partial charge in [0, 0.05) is 12.7 Å². The van der Waals surface area contributed by atoms with Crippen LogP contribution in [0.4, 0.5) is 0 Å². The van der Waals surface area contributed by atoms with E-state index in [0.29, 0.717) is 17.8 Å². The number of aromatic nitrogens is 1. The van der Waals surface area contributed by atoms with Gasteiger partial charge in [0.15, 0.2) is 6.29 Å². The third-order valence-electron chi connectivity index (χ3n) is 2.80. The molecule has 17 heavy (non-hydrogen) atoms. The zero-order valence-corrected chi connectivity index (χ0v) is 9.55. The van der Waals surface area contributed by atoms with E-state index in [2.05, 4.69) is 6.07 Å². The molecule has 0 saturated carbocycles. The Morgan fingerprint density at radius 2 is 2.24 bits per heavy atom. The molecule has 84 valence electrons. The van der Waals surface area contributed by atoms with Gasteiger partial charge in [0.25, 0.3) is 0 Å². The Morgan fingerprint density at radius 3 is 2.88 bits per heavy atom. The Morgan fingerprint density at radius 1 is 1.41 bits per heavy atom. The first-order chi connectivity index (χ1) is 8.24. The van der Waals surface area contributed by atoms with Crippen LogP contribution in [-0.4, -0.2) is 10.9 Å². The van der Waals surface area contributed by atoms with Crippen LogP contribution >= 0.6 is 0 Å². The number of aldehydes is 1. The number of carbonyl (C=O) groups excluding carboxylic acids is 1. The molecule has 0 bridgehead atoms. The monoisotopic (exact) mass is 224 g/mol. The standard InChI is InChI=1S/C14H12N2O/c1-11-7-12(8-15)4-5-13(11)9-16-6-2-3-14(16)10-17/h2-7,10H,9H2,1H3. The van der Waals surface area contributed by atoms with E-state index in [9.17, 15) is 4.79 Å². The van der Waals surface area contributed by atoms with Gasteiger partial charge in [-0.2, -0.15) is 5.26 Å². The molecule has 0 unspecified atom stereocenters. The lowest BCUT2D eigenvalue weighted by Crippen LogP contribution is -2.03. The van der Waals surface area contributed by atoms with Crippen molar-refractivity contribution in [3.8, 4) is 6.07 Å². The summed E-state index contributed by atoms with van der Waals surface area (Å²) in [6, 6.07) is 11.3. The number of aryl methyl sites for hydroxylation is 1. The SMILES string of the molecule is Cc1cc(C#N)ccc1Cn1cccc1C=O. The summed E-state index contributed by atoms with van der Waals surface area (Å²) in [7, 11) is 0. The molecule has 0 fully saturated rings. The molecule has 0 aliphatic carbocycles. The Labute approximate surface area is 99.9 Å². The van der Waals surface area contributed by atoms with E-state index in [0.717, 1.165) is 17.4 Å². The highest BCUT2D eigenvalue weighted by Crippen LogP contribution is 2.13. The smallest absolute Gasteiger partial charge is 0.166 e. The Balaban J connectivity index is 2.31. The molecule has 0 amide bonds. The molecular weight excluding hydrogens is 212 g/mol. The van der Waals surface area contributed by atoms with Gasteiger partial charge in [-0.25, -0.2) is 0 Å². The predicted octanol–water partition coefficient (Wildman–Crippen LogP) is 2.53. The number of carbonyl (C=O) groups is 1. The average molecular weight is 224 g/mol. The number of hydrogen-bond donors (Lipinski definition) is 0. The molecule has 2 aromatic rings. The van der Waals surface area contributed by atoms with Gasteiger partial charge in [-0.15, -0.1) is 0 Å². The Bertz CT molecular complexity index is 591. The second-order valence-electron chi connectivity index (χ2n) is 3.93. The molecule has 1 aromatic carbocycles. The van der Waals surface area contributed by atoms with E-state index in [1.54, 1.807) is 12.1 Å². The van der Waals surface area contributed by atoms with Crippen molar-refractivity contribution in [3.63, 3.8) is 0 Å². The lowest BCUT2D eigenvalue weighted by molar-refractivity contribution is 0.111. The van der Waals surface area contributed by atoms with Crippen molar-refractivity contribution in [1.82, 2.24) is 4.57 Å². The van der Waals surface area contributed by atoms with Crippen LogP contribution in [0.5, 0.6) is 0 Å². The zero-order chi connectivity index (χ0) is 12.3. The van der Waals surface area contributed by atoms with Crippen molar-refractivity contribution in [2.24, 2.45) is 0 Å². The van der Waals surface area contributed by atoms with Crippen molar-refractivity contribution in [1.29, 1.82) is 5.26 Å². The fourth-order valence-corrected chi connectivity index (χ4v) is 1.80. The summed E-state index contributed by atoms with van der Waals surface area (Å²) in [4.78, 5) is 10.8. The van der Waals surface area contributed by atoms with Gasteiger partial charge in [-0.3, -0.25) is 4.79 Å². The van der Waals surface area contributed by atoms with Crippen LogP contribution in [0.15, 0.2) is 36.5 Å². The van der Waals surface area contributed by atoms with E-state index < -0.39 is 0 Å². The third-order valence-corrected chi connectivity index (χ3v) is 2.80. The van der Waals surface area contributed by atoms with Crippen molar-refractivity contribution in [2.45, 2.75) is 13.5 Å². The molecule has 1 heterocycles. The van der Waals surface area contributed by atoms with E-state index in [1.165, 1.54) is 0 Å². The van der Waals surface area contributed by atoms with E-state index >= 15 is 0 Å². The average Bonchev–Trinajstić information content (AvgIpc) is 2.79. The summed E-state index contributed by atoms with van der Waals surface area (Å²) in [5.74, 6) is 0. The summed E-state index contributed by atoms with van der Waals surface area (Å²) in [5.41, 5.74) is 3.50. The lowest BCUT2D eigenvalue weighted by Gasteiger charge is -2.08. The molecule has 0 spiro atoms. The summed E-state index contributed by atoms with van der Waals surface area (Å²) in [5, 5.41) is 8.79. The maximum absolute atomic E-state index is 10.8. The normalized spacial score (nSPS) is 9.88. The van der Waals surface area contributed by atoms with E-state index in [-0.39, 0.29) is 0 Å². The molecule has 0 aliphatic heterocycles. The van der Waals surface area contributed by atoms with Gasteiger partial charge >= 0.3 is 0 Å². The minimum Gasteiger partial charge on any atom is -0.341 e. The number of benzene rings is 1. The van der Waals surface area contributed by atoms with Crippen LogP contribution in [0.2, 0.25) is 0 Å². The largest absolute Gasteiger partial charge is 0.341 e. The fourth-order valence-electron chi connectivity index (χ4n) is 1.80. The second kappa shape index (κ2) is 4.67. The van der Waals surface area contributed by atoms with Crippen LogP contribution in [0.1, 0.15) is 27.2 Å². The quantitative estimate of drug-likeness (QED) is 0.752. The highest BCUT2D eigenvalue weighted by Gasteiger charge is 2.03. The summed E-state index contributed by atoms with van der Waals surface area (Å²) < 4.78 is 1.89. The van der Waals surface area contributed by atoms with Gasteiger partial charge in [0.2, 0.25) is 0 Å². The molecule has 3 nitrogen and oxygen atoms in total. The summed E-state index contributed by atoms with van der Waals surface area (Å²) >= 11 is 0. The zero-order valence-electron chi connectivity index (χ0n) is 9.55. The second-order valence-corrected chi connectivity index (χ2v) is 3.93. The fraction of sp³-hybridized carbons (Fsp3) is 0.143. The lowest BCUT2D eigenvalue weighted by atomic mass is 10.1. The molecule has 3 heteroatoms. The topological polar surface area (TPSA) is 45.8 Å². The van der Waals surface area contributed by atoms with Crippen LogP contribution in [0.25, 0.3) is 0 Å². The van der Waals surface area contributed by atoms with Gasteiger partial charge in [0.1, 0.15) is 0 Å². The van der Waals surface area contributed by atoms with E-state index in [1.807, 2.05) is 35.9 Å². The highest BCUT2D eigenvalue weighted by molar-refractivity contribution is 5.72. The predicted molar refractivity (Wildman–Crippen MR) is 64.8 cm³/mol. The minimum atomic E-state index is 0.651. The van der Waals surface area contributed by atoms with Crippen LogP contribution in [0.3, 0.4) is 0 Å². The van der Waals surface area contributed by atoms with Gasteiger partial charge < -0.3 is 4.57 Å². The van der Waals surface area contributed by atoms with Crippen LogP contribution in [0, 0.1) is 18.3 Å². The molecule has 1 aromatic heterocycles. The van der Waals surface area contributed by atoms with Gasteiger partial charge in [-0.1, -0.05) is 6.07 Å². The molecule has 2 rings (SSSR count). The van der Waals surface area contributed by atoms with Crippen molar-refractivity contribution >= 4 is 6.29 Å². The van der Waals surface area contributed by atoms with Crippen molar-refractivity contribution < 1.29 is 4.79 Å². The van der Waals surface area contributed by atoms with Gasteiger partial charge in [-0.05, 0) is 42.3 Å². The molecule has 0 atom stereocenters. The molecule has 0 radical (unpaired) electrons. The first-order valence-corrected chi connectivity index (χ1v) is 5.34. The van der Waals surface area contributed by atoms with E-state index in [4.69, 9.17) is 5.26 Å². The molecule has 0 aliphatic rings. The first-order valence-electron chi connectivity index (χ1n) is 5.34. The van der Waals surface area contributed by atoms with Crippen molar-refractivity contribution in [3.05, 3.63) is 58.9 Å². The number of nitriles is 1. The maximum Gasteiger partial charge on any atom is 0.166 e. The minimum absolute atomic E-state index is 0.651. The van der Waals surface area contributed by atoms with Gasteiger partial charge in [0.05, 0.1) is 17.3 Å². The Kier molecular flexibility index (Phi) is 3.06. The van der Waals surface area contributed by atoms with Crippen LogP contribution < -0.4 is 0 Å². The highest BCUT2D eigenvalue weighted by atomic mass is 16.1. The molecule has 0 N–H and O–H groups in total. The first kappa shape index (κ1) is 11.2. The van der Waals surface area contributed by atoms with Crippen LogP contribution in [-0.2, 0) is 6.54 Å².